The van der Waals surface area contributed by atoms with E-state index in [0.717, 1.165) is 37.1 Å². The van der Waals surface area contributed by atoms with Crippen molar-refractivity contribution in [3.8, 4) is 0 Å². The Morgan fingerprint density at radius 3 is 3.25 bits per heavy atom. The molecule has 0 saturated carbocycles. The lowest BCUT2D eigenvalue weighted by Crippen LogP contribution is -2.34. The molecule has 1 atom stereocenters. The van der Waals surface area contributed by atoms with Crippen LogP contribution in [0, 0.1) is 0 Å². The Bertz CT molecular complexity index is 303. The molecule has 1 aliphatic rings. The Hall–Kier alpha value is -0.200. The highest BCUT2D eigenvalue weighted by Gasteiger charge is 2.18. The second-order valence-electron chi connectivity index (χ2n) is 3.40. The van der Waals surface area contributed by atoms with Crippen LogP contribution >= 0.6 is 23.7 Å². The van der Waals surface area contributed by atoms with Gasteiger partial charge in [-0.25, -0.2) is 4.98 Å². The molecular formula is C10H17ClN2O2S. The zero-order chi connectivity index (χ0) is 10.5. The van der Waals surface area contributed by atoms with E-state index in [4.69, 9.17) is 9.47 Å². The molecule has 1 saturated heterocycles. The van der Waals surface area contributed by atoms with Gasteiger partial charge in [0, 0.05) is 18.5 Å². The normalized spacial score (nSPS) is 20.4. The molecule has 0 spiro atoms. The number of aromatic nitrogens is 1. The van der Waals surface area contributed by atoms with Crippen LogP contribution in [-0.2, 0) is 16.1 Å². The predicted molar refractivity (Wildman–Crippen MR) is 66.3 cm³/mol. The molecule has 1 aliphatic heterocycles. The highest BCUT2D eigenvalue weighted by atomic mass is 35.5. The number of nitrogens with zero attached hydrogens (tertiary/aromatic N) is 1. The SMILES string of the molecule is CCOCc1csc(C2COCCN2)n1.Cl. The average Bonchev–Trinajstić information content (AvgIpc) is 2.76. The van der Waals surface area contributed by atoms with E-state index in [1.165, 1.54) is 0 Å². The maximum atomic E-state index is 5.40. The molecule has 0 radical (unpaired) electrons. The van der Waals surface area contributed by atoms with Crippen LogP contribution in [0.25, 0.3) is 0 Å². The third-order valence-corrected chi connectivity index (χ3v) is 3.25. The first-order valence-electron chi connectivity index (χ1n) is 5.23. The predicted octanol–water partition coefficient (Wildman–Crippen LogP) is 1.76. The summed E-state index contributed by atoms with van der Waals surface area (Å²) in [6.45, 7) is 5.77. The molecule has 0 aliphatic carbocycles. The van der Waals surface area contributed by atoms with Crippen LogP contribution in [0.2, 0.25) is 0 Å². The molecule has 4 nitrogen and oxygen atoms in total. The summed E-state index contributed by atoms with van der Waals surface area (Å²) in [4.78, 5) is 4.52. The van der Waals surface area contributed by atoms with Crippen molar-refractivity contribution in [2.24, 2.45) is 0 Å². The van der Waals surface area contributed by atoms with E-state index in [1.807, 2.05) is 6.92 Å². The minimum absolute atomic E-state index is 0. The summed E-state index contributed by atoms with van der Waals surface area (Å²) in [6, 6.07) is 0.263. The lowest BCUT2D eigenvalue weighted by atomic mass is 10.3. The van der Waals surface area contributed by atoms with E-state index in [2.05, 4.69) is 15.7 Å². The van der Waals surface area contributed by atoms with Gasteiger partial charge in [-0.2, -0.15) is 0 Å². The van der Waals surface area contributed by atoms with Crippen molar-refractivity contribution >= 4 is 23.7 Å². The quantitative estimate of drug-likeness (QED) is 0.900. The first-order valence-corrected chi connectivity index (χ1v) is 6.11. The van der Waals surface area contributed by atoms with Crippen LogP contribution in [0.4, 0.5) is 0 Å². The van der Waals surface area contributed by atoms with Gasteiger partial charge in [-0.05, 0) is 6.92 Å². The molecule has 2 heterocycles. The number of rotatable bonds is 4. The van der Waals surface area contributed by atoms with E-state index in [-0.39, 0.29) is 18.4 Å². The molecular weight excluding hydrogens is 248 g/mol. The molecule has 1 aromatic heterocycles. The van der Waals surface area contributed by atoms with Gasteiger partial charge in [0.1, 0.15) is 5.01 Å². The standard InChI is InChI=1S/C10H16N2O2S.ClH/c1-2-13-5-8-7-15-10(12-8)9-6-14-4-3-11-9;/h7,9,11H,2-6H2,1H3;1H. The lowest BCUT2D eigenvalue weighted by molar-refractivity contribution is 0.0765. The second-order valence-corrected chi connectivity index (χ2v) is 4.29. The number of ether oxygens (including phenoxy) is 2. The molecule has 0 amide bonds. The third kappa shape index (κ3) is 3.68. The van der Waals surface area contributed by atoms with E-state index in [1.54, 1.807) is 11.3 Å². The Morgan fingerprint density at radius 1 is 1.69 bits per heavy atom. The monoisotopic (exact) mass is 264 g/mol. The maximum absolute atomic E-state index is 5.40. The van der Waals surface area contributed by atoms with Crippen molar-refractivity contribution in [2.75, 3.05) is 26.4 Å². The van der Waals surface area contributed by atoms with Crippen molar-refractivity contribution < 1.29 is 9.47 Å². The summed E-state index contributed by atoms with van der Waals surface area (Å²) in [7, 11) is 0. The number of hydrogen-bond donors (Lipinski definition) is 1. The van der Waals surface area contributed by atoms with Gasteiger partial charge in [0.2, 0.25) is 0 Å². The minimum Gasteiger partial charge on any atom is -0.378 e. The average molecular weight is 265 g/mol. The van der Waals surface area contributed by atoms with Crippen LogP contribution in [0.15, 0.2) is 5.38 Å². The number of morpholine rings is 1. The number of nitrogens with one attached hydrogen (secondary N) is 1. The van der Waals surface area contributed by atoms with Crippen molar-refractivity contribution in [1.29, 1.82) is 0 Å². The van der Waals surface area contributed by atoms with Crippen molar-refractivity contribution in [2.45, 2.75) is 19.6 Å². The third-order valence-electron chi connectivity index (χ3n) is 2.24. The first-order chi connectivity index (χ1) is 7.40. The van der Waals surface area contributed by atoms with Crippen LogP contribution < -0.4 is 5.32 Å². The largest absolute Gasteiger partial charge is 0.378 e. The molecule has 0 bridgehead atoms. The van der Waals surface area contributed by atoms with E-state index in [9.17, 15) is 0 Å². The zero-order valence-electron chi connectivity index (χ0n) is 9.27. The fraction of sp³-hybridized carbons (Fsp3) is 0.700. The maximum Gasteiger partial charge on any atom is 0.112 e. The van der Waals surface area contributed by atoms with Crippen molar-refractivity contribution in [3.63, 3.8) is 0 Å². The summed E-state index contributed by atoms with van der Waals surface area (Å²) in [6.07, 6.45) is 0. The van der Waals surface area contributed by atoms with Gasteiger partial charge >= 0.3 is 0 Å². The highest BCUT2D eigenvalue weighted by Crippen LogP contribution is 2.20. The van der Waals surface area contributed by atoms with Gasteiger partial charge in [0.05, 0.1) is 31.6 Å². The summed E-state index contributed by atoms with van der Waals surface area (Å²) in [5, 5.41) is 6.55. The Kier molecular flexibility index (Phi) is 6.23. The van der Waals surface area contributed by atoms with Gasteiger partial charge in [0.15, 0.2) is 0 Å². The van der Waals surface area contributed by atoms with Crippen LogP contribution in [0.1, 0.15) is 23.7 Å². The van der Waals surface area contributed by atoms with Crippen LogP contribution in [0.5, 0.6) is 0 Å². The Morgan fingerprint density at radius 2 is 2.56 bits per heavy atom. The number of hydrogen-bond acceptors (Lipinski definition) is 5. The Labute approximate surface area is 106 Å². The molecule has 1 unspecified atom stereocenters. The topological polar surface area (TPSA) is 43.4 Å². The van der Waals surface area contributed by atoms with Gasteiger partial charge in [-0.15, -0.1) is 23.7 Å². The van der Waals surface area contributed by atoms with Gasteiger partial charge in [-0.1, -0.05) is 0 Å². The van der Waals surface area contributed by atoms with Gasteiger partial charge < -0.3 is 14.8 Å². The fourth-order valence-corrected chi connectivity index (χ4v) is 2.34. The van der Waals surface area contributed by atoms with Gasteiger partial charge in [0.25, 0.3) is 0 Å². The van der Waals surface area contributed by atoms with Crippen LogP contribution in [-0.4, -0.2) is 31.3 Å². The molecule has 16 heavy (non-hydrogen) atoms. The number of thiazole rings is 1. The minimum atomic E-state index is 0. The van der Waals surface area contributed by atoms with E-state index in [0.29, 0.717) is 6.61 Å². The van der Waals surface area contributed by atoms with Gasteiger partial charge in [-0.3, -0.25) is 0 Å². The fourth-order valence-electron chi connectivity index (χ4n) is 1.48. The molecule has 2 rings (SSSR count). The van der Waals surface area contributed by atoms with E-state index >= 15 is 0 Å². The highest BCUT2D eigenvalue weighted by molar-refractivity contribution is 7.09. The van der Waals surface area contributed by atoms with Crippen molar-refractivity contribution in [1.82, 2.24) is 10.3 Å². The summed E-state index contributed by atoms with van der Waals surface area (Å²) in [5.41, 5.74) is 1.02. The molecule has 6 heteroatoms. The van der Waals surface area contributed by atoms with E-state index < -0.39 is 0 Å². The number of halogens is 1. The molecule has 0 aromatic carbocycles. The molecule has 1 aromatic rings. The molecule has 92 valence electrons. The van der Waals surface area contributed by atoms with Crippen molar-refractivity contribution in [3.05, 3.63) is 16.1 Å². The zero-order valence-corrected chi connectivity index (χ0v) is 10.9. The summed E-state index contributed by atoms with van der Waals surface area (Å²) >= 11 is 1.67. The van der Waals surface area contributed by atoms with Crippen LogP contribution in [0.3, 0.4) is 0 Å². The first kappa shape index (κ1) is 13.9. The molecule has 1 fully saturated rings. The summed E-state index contributed by atoms with van der Waals surface area (Å²) in [5.74, 6) is 0. The smallest absolute Gasteiger partial charge is 0.112 e. The lowest BCUT2D eigenvalue weighted by Gasteiger charge is -2.21. The summed E-state index contributed by atoms with van der Waals surface area (Å²) < 4.78 is 10.7. The second kappa shape index (κ2) is 7.19. The Balaban J connectivity index is 0.00000128. The molecule has 1 N–H and O–H groups in total.